The quantitative estimate of drug-likeness (QED) is 0.697. The Labute approximate surface area is 103 Å². The van der Waals surface area contributed by atoms with E-state index in [9.17, 15) is 8.78 Å². The first-order chi connectivity index (χ1) is 8.06. The van der Waals surface area contributed by atoms with Gasteiger partial charge in [-0.3, -0.25) is 0 Å². The van der Waals surface area contributed by atoms with Crippen molar-refractivity contribution in [2.45, 2.75) is 38.4 Å². The first kappa shape index (κ1) is 14.3. The summed E-state index contributed by atoms with van der Waals surface area (Å²) in [6.45, 7) is 4.25. The maximum absolute atomic E-state index is 13.5. The van der Waals surface area contributed by atoms with Crippen LogP contribution < -0.4 is 0 Å². The molecule has 0 heterocycles. The van der Waals surface area contributed by atoms with Crippen molar-refractivity contribution in [2.75, 3.05) is 7.11 Å². The second-order valence-electron chi connectivity index (χ2n) is 4.33. The maximum Gasteiger partial charge on any atom is 0.192 e. The second kappa shape index (κ2) is 6.26. The van der Waals surface area contributed by atoms with Gasteiger partial charge in [0.05, 0.1) is 0 Å². The number of halogens is 2. The van der Waals surface area contributed by atoms with E-state index in [1.54, 1.807) is 7.11 Å². The van der Waals surface area contributed by atoms with Crippen LogP contribution in [0.25, 0.3) is 0 Å². The summed E-state index contributed by atoms with van der Waals surface area (Å²) >= 11 is 0. The highest BCUT2D eigenvalue weighted by Crippen LogP contribution is 2.24. The summed E-state index contributed by atoms with van der Waals surface area (Å²) in [6, 6.07) is 6.74. The Balaban J connectivity index is 2.72. The molecule has 0 aliphatic rings. The van der Waals surface area contributed by atoms with Crippen LogP contribution in [0.3, 0.4) is 0 Å². The smallest absolute Gasteiger partial charge is 0.192 e. The molecule has 1 aromatic carbocycles. The molecular formula is C13H20F2OSi. The monoisotopic (exact) mass is 258 g/mol. The molecule has 1 nitrogen and oxygen atoms in total. The minimum absolute atomic E-state index is 0.448. The molecule has 0 amide bonds. The van der Waals surface area contributed by atoms with Crippen LogP contribution >= 0.6 is 0 Å². The molecule has 0 spiro atoms. The maximum atomic E-state index is 13.5. The summed E-state index contributed by atoms with van der Waals surface area (Å²) in [6.07, 6.45) is 0.633. The van der Waals surface area contributed by atoms with Gasteiger partial charge >= 0.3 is 0 Å². The molecule has 0 saturated heterocycles. The summed E-state index contributed by atoms with van der Waals surface area (Å²) < 4.78 is 31.9. The summed E-state index contributed by atoms with van der Waals surface area (Å²) in [4.78, 5) is 0. The summed E-state index contributed by atoms with van der Waals surface area (Å²) in [7, 11) is 0.0531. The molecule has 0 radical (unpaired) electrons. The van der Waals surface area contributed by atoms with E-state index < -0.39 is 20.0 Å². The van der Waals surface area contributed by atoms with E-state index in [2.05, 4.69) is 13.8 Å². The number of aryl methyl sites for hydroxylation is 1. The summed E-state index contributed by atoms with van der Waals surface area (Å²) in [5.41, 5.74) is 0.585. The third-order valence-corrected chi connectivity index (χ3v) is 8.19. The first-order valence-electron chi connectivity index (χ1n) is 6.06. The van der Waals surface area contributed by atoms with Crippen LogP contribution in [0.5, 0.6) is 0 Å². The molecule has 0 aliphatic heterocycles. The molecular weight excluding hydrogens is 238 g/mol. The van der Waals surface area contributed by atoms with Gasteiger partial charge < -0.3 is 4.43 Å². The number of hydrogen-bond donors (Lipinski definition) is 0. The lowest BCUT2D eigenvalue weighted by Gasteiger charge is -2.27. The highest BCUT2D eigenvalue weighted by atomic mass is 28.4. The van der Waals surface area contributed by atoms with Crippen molar-refractivity contribution in [3.8, 4) is 0 Å². The zero-order valence-electron chi connectivity index (χ0n) is 10.7. The minimum Gasteiger partial charge on any atom is -0.420 e. The Morgan fingerprint density at radius 2 is 1.82 bits per heavy atom. The SMILES string of the molecule is CC[Si](CC)(CCc1ccc(F)cc1F)OC. The molecule has 0 atom stereocenters. The molecule has 0 fully saturated rings. The fraction of sp³-hybridized carbons (Fsp3) is 0.538. The average molecular weight is 258 g/mol. The van der Waals surface area contributed by atoms with E-state index in [1.165, 1.54) is 12.1 Å². The van der Waals surface area contributed by atoms with Crippen LogP contribution in [0.2, 0.25) is 18.1 Å². The van der Waals surface area contributed by atoms with Crippen LogP contribution in [-0.4, -0.2) is 15.4 Å². The van der Waals surface area contributed by atoms with Crippen molar-refractivity contribution in [2.24, 2.45) is 0 Å². The Morgan fingerprint density at radius 3 is 2.29 bits per heavy atom. The Bertz CT molecular complexity index is 356. The van der Waals surface area contributed by atoms with Crippen LogP contribution in [0.15, 0.2) is 18.2 Å². The van der Waals surface area contributed by atoms with Gasteiger partial charge in [0.25, 0.3) is 0 Å². The Kier molecular flexibility index (Phi) is 5.27. The normalized spacial score (nSPS) is 11.8. The standard InChI is InChI=1S/C13H20F2OSi/c1-4-17(5-2,16-3)9-8-11-6-7-12(14)10-13(11)15/h6-7,10H,4-5,8-9H2,1-3H3. The van der Waals surface area contributed by atoms with Gasteiger partial charge in [0.15, 0.2) is 8.32 Å². The topological polar surface area (TPSA) is 9.23 Å². The van der Waals surface area contributed by atoms with Crippen molar-refractivity contribution in [3.63, 3.8) is 0 Å². The summed E-state index contributed by atoms with van der Waals surface area (Å²) in [5, 5.41) is 0. The number of rotatable bonds is 6. The molecule has 1 rings (SSSR count). The van der Waals surface area contributed by atoms with Crippen molar-refractivity contribution >= 4 is 8.32 Å². The van der Waals surface area contributed by atoms with Crippen molar-refractivity contribution in [3.05, 3.63) is 35.4 Å². The van der Waals surface area contributed by atoms with E-state index in [-0.39, 0.29) is 0 Å². The molecule has 96 valence electrons. The van der Waals surface area contributed by atoms with Gasteiger partial charge in [0.2, 0.25) is 0 Å². The van der Waals surface area contributed by atoms with Crippen molar-refractivity contribution < 1.29 is 13.2 Å². The Hall–Kier alpha value is -0.743. The molecule has 0 saturated carbocycles. The van der Waals surface area contributed by atoms with Crippen LogP contribution in [0.4, 0.5) is 8.78 Å². The lowest BCUT2D eigenvalue weighted by Crippen LogP contribution is -2.35. The fourth-order valence-corrected chi connectivity index (χ4v) is 4.79. The van der Waals surface area contributed by atoms with E-state index >= 15 is 0 Å². The van der Waals surface area contributed by atoms with Gasteiger partial charge in [-0.15, -0.1) is 0 Å². The predicted octanol–water partition coefficient (Wildman–Crippen LogP) is 4.14. The largest absolute Gasteiger partial charge is 0.420 e. The van der Waals surface area contributed by atoms with E-state index in [4.69, 9.17) is 4.43 Å². The Morgan fingerprint density at radius 1 is 1.18 bits per heavy atom. The summed E-state index contributed by atoms with van der Waals surface area (Å²) in [5.74, 6) is -0.969. The zero-order chi connectivity index (χ0) is 12.9. The average Bonchev–Trinajstić information content (AvgIpc) is 2.33. The van der Waals surface area contributed by atoms with Crippen molar-refractivity contribution in [1.82, 2.24) is 0 Å². The molecule has 1 aromatic rings. The molecule has 0 aromatic heterocycles. The molecule has 0 aliphatic carbocycles. The first-order valence-corrected chi connectivity index (χ1v) is 8.59. The van der Waals surface area contributed by atoms with Gasteiger partial charge in [-0.25, -0.2) is 8.78 Å². The number of hydrogen-bond acceptors (Lipinski definition) is 1. The van der Waals surface area contributed by atoms with Gasteiger partial charge in [-0.05, 0) is 36.2 Å². The molecule has 0 unspecified atom stereocenters. The third kappa shape index (κ3) is 3.61. The van der Waals surface area contributed by atoms with E-state index in [1.807, 2.05) is 0 Å². The number of benzene rings is 1. The van der Waals surface area contributed by atoms with Gasteiger partial charge in [0.1, 0.15) is 11.6 Å². The molecule has 4 heteroatoms. The van der Waals surface area contributed by atoms with E-state index in [0.717, 1.165) is 24.2 Å². The highest BCUT2D eigenvalue weighted by molar-refractivity contribution is 6.73. The van der Waals surface area contributed by atoms with E-state index in [0.29, 0.717) is 12.0 Å². The second-order valence-corrected chi connectivity index (χ2v) is 9.02. The third-order valence-electron chi connectivity index (χ3n) is 3.59. The van der Waals surface area contributed by atoms with Gasteiger partial charge in [-0.2, -0.15) is 0 Å². The molecule has 17 heavy (non-hydrogen) atoms. The highest BCUT2D eigenvalue weighted by Gasteiger charge is 2.29. The zero-order valence-corrected chi connectivity index (χ0v) is 11.7. The lowest BCUT2D eigenvalue weighted by atomic mass is 10.1. The minimum atomic E-state index is -1.70. The lowest BCUT2D eigenvalue weighted by molar-refractivity contribution is 0.391. The van der Waals surface area contributed by atoms with Crippen LogP contribution in [0, 0.1) is 11.6 Å². The van der Waals surface area contributed by atoms with Gasteiger partial charge in [0, 0.05) is 13.2 Å². The van der Waals surface area contributed by atoms with Crippen molar-refractivity contribution in [1.29, 1.82) is 0 Å². The van der Waals surface area contributed by atoms with Crippen LogP contribution in [-0.2, 0) is 10.8 Å². The predicted molar refractivity (Wildman–Crippen MR) is 68.6 cm³/mol. The molecule has 0 bridgehead atoms. The fourth-order valence-electron chi connectivity index (χ4n) is 2.08. The molecule has 0 N–H and O–H groups in total. The van der Waals surface area contributed by atoms with Gasteiger partial charge in [-0.1, -0.05) is 19.9 Å². The van der Waals surface area contributed by atoms with Crippen LogP contribution in [0.1, 0.15) is 19.4 Å².